The van der Waals surface area contributed by atoms with Crippen LogP contribution in [0.3, 0.4) is 0 Å². The zero-order valence-corrected chi connectivity index (χ0v) is 22.2. The third-order valence-corrected chi connectivity index (χ3v) is 9.70. The molecule has 8 heteroatoms. The number of aliphatic carboxylic acids is 1. The molecule has 7 atom stereocenters. The minimum atomic E-state index is -1.03. The maximum atomic E-state index is 13.8. The zero-order chi connectivity index (χ0) is 24.9. The van der Waals surface area contributed by atoms with E-state index in [2.05, 4.69) is 26.1 Å². The highest BCUT2D eigenvalue weighted by Crippen LogP contribution is 2.51. The summed E-state index contributed by atoms with van der Waals surface area (Å²) in [6.45, 7) is 16.3. The number of hydrogen-bond donors (Lipinski definition) is 2. The van der Waals surface area contributed by atoms with Gasteiger partial charge in [0, 0.05) is 4.75 Å². The fourth-order valence-corrected chi connectivity index (χ4v) is 7.66. The summed E-state index contributed by atoms with van der Waals surface area (Å²) in [5, 5.41) is 12.3. The maximum absolute atomic E-state index is 13.8. The number of β-lactam (4-membered cyclic amide) rings is 1. The summed E-state index contributed by atoms with van der Waals surface area (Å²) in [7, 11) is 0. The van der Waals surface area contributed by atoms with Crippen LogP contribution in [0.1, 0.15) is 81.1 Å². The average molecular weight is 483 g/mol. The van der Waals surface area contributed by atoms with Crippen molar-refractivity contribution >= 4 is 29.5 Å². The highest BCUT2D eigenvalue weighted by Gasteiger charge is 2.64. The van der Waals surface area contributed by atoms with Gasteiger partial charge in [-0.1, -0.05) is 48.0 Å². The smallest absolute Gasteiger partial charge is 0.327 e. The van der Waals surface area contributed by atoms with Crippen molar-refractivity contribution in [2.45, 2.75) is 115 Å². The minimum absolute atomic E-state index is 0.00613. The number of amides is 2. The SMILES string of the molecule is CC[C@](O[C@@H]1C[C@H](C)CC[C@@H]1C(C)C)(C(=O)N[C@@H]1C(=O)N2[C@H]1SC(C)(C)[C@H]2C(=O)O)C(C)C. The highest BCUT2D eigenvalue weighted by atomic mass is 32.2. The molecule has 1 aliphatic carbocycles. The van der Waals surface area contributed by atoms with Crippen LogP contribution >= 0.6 is 11.8 Å². The van der Waals surface area contributed by atoms with Crippen molar-refractivity contribution < 1.29 is 24.2 Å². The van der Waals surface area contributed by atoms with Gasteiger partial charge in [-0.15, -0.1) is 11.8 Å². The number of thioether (sulfide) groups is 1. The number of carboxylic acids is 1. The van der Waals surface area contributed by atoms with Crippen LogP contribution in [0.4, 0.5) is 0 Å². The number of rotatable bonds is 8. The summed E-state index contributed by atoms with van der Waals surface area (Å²) in [4.78, 5) is 39.9. The van der Waals surface area contributed by atoms with Crippen LogP contribution in [-0.2, 0) is 19.1 Å². The number of nitrogens with zero attached hydrogens (tertiary/aromatic N) is 1. The molecule has 3 fully saturated rings. The van der Waals surface area contributed by atoms with Crippen molar-refractivity contribution in [3.8, 4) is 0 Å². The number of hydrogen-bond acceptors (Lipinski definition) is 5. The topological polar surface area (TPSA) is 95.9 Å². The third kappa shape index (κ3) is 4.54. The molecule has 7 nitrogen and oxygen atoms in total. The van der Waals surface area contributed by atoms with Crippen LogP contribution < -0.4 is 5.32 Å². The number of carboxylic acid groups (broad SMARTS) is 1. The molecule has 2 N–H and O–H groups in total. The molecule has 0 aromatic rings. The Kier molecular flexibility index (Phi) is 7.50. The molecule has 0 radical (unpaired) electrons. The van der Waals surface area contributed by atoms with Gasteiger partial charge in [0.2, 0.25) is 5.91 Å². The second-order valence-corrected chi connectivity index (χ2v) is 13.2. The van der Waals surface area contributed by atoms with Gasteiger partial charge >= 0.3 is 5.97 Å². The molecule has 0 aromatic carbocycles. The monoisotopic (exact) mass is 482 g/mol. The molecule has 1 saturated carbocycles. The summed E-state index contributed by atoms with van der Waals surface area (Å²) in [5.74, 6) is -0.219. The molecule has 2 aliphatic heterocycles. The number of nitrogens with one attached hydrogen (secondary N) is 1. The van der Waals surface area contributed by atoms with E-state index in [0.717, 1.165) is 12.8 Å². The minimum Gasteiger partial charge on any atom is -0.480 e. The summed E-state index contributed by atoms with van der Waals surface area (Å²) < 4.78 is 6.15. The van der Waals surface area contributed by atoms with Crippen molar-refractivity contribution in [2.75, 3.05) is 0 Å². The second kappa shape index (κ2) is 9.40. The van der Waals surface area contributed by atoms with Crippen LogP contribution in [0.5, 0.6) is 0 Å². The molecule has 3 aliphatic rings. The van der Waals surface area contributed by atoms with E-state index in [9.17, 15) is 19.5 Å². The average Bonchev–Trinajstić information content (AvgIpc) is 2.97. The Morgan fingerprint density at radius 1 is 1.27 bits per heavy atom. The van der Waals surface area contributed by atoms with E-state index in [4.69, 9.17) is 4.74 Å². The molecule has 0 unspecified atom stereocenters. The van der Waals surface area contributed by atoms with Crippen LogP contribution in [0.2, 0.25) is 0 Å². The fourth-order valence-electron chi connectivity index (χ4n) is 6.03. The Bertz CT molecular complexity index is 785. The Balaban J connectivity index is 1.81. The second-order valence-electron chi connectivity index (χ2n) is 11.4. The lowest BCUT2D eigenvalue weighted by molar-refractivity contribution is -0.184. The van der Waals surface area contributed by atoms with E-state index in [0.29, 0.717) is 24.2 Å². The van der Waals surface area contributed by atoms with Crippen molar-refractivity contribution in [1.29, 1.82) is 0 Å². The van der Waals surface area contributed by atoms with Gasteiger partial charge < -0.3 is 20.1 Å². The van der Waals surface area contributed by atoms with E-state index in [1.165, 1.54) is 23.1 Å². The first-order chi connectivity index (χ1) is 15.3. The molecule has 0 bridgehead atoms. The van der Waals surface area contributed by atoms with Gasteiger partial charge in [0.05, 0.1) is 6.10 Å². The Hall–Kier alpha value is -1.28. The lowest BCUT2D eigenvalue weighted by Crippen LogP contribution is -2.72. The molecule has 33 heavy (non-hydrogen) atoms. The normalized spacial score (nSPS) is 35.2. The molecule has 2 heterocycles. The first-order valence-electron chi connectivity index (χ1n) is 12.5. The van der Waals surface area contributed by atoms with Crippen molar-refractivity contribution in [1.82, 2.24) is 10.2 Å². The molecular weight excluding hydrogens is 440 g/mol. The van der Waals surface area contributed by atoms with Crippen molar-refractivity contribution in [2.24, 2.45) is 23.7 Å². The van der Waals surface area contributed by atoms with Crippen LogP contribution in [0.25, 0.3) is 0 Å². The molecule has 2 saturated heterocycles. The Morgan fingerprint density at radius 2 is 1.91 bits per heavy atom. The predicted octanol–water partition coefficient (Wildman–Crippen LogP) is 3.90. The molecule has 0 aromatic heterocycles. The molecular formula is C25H42N2O5S. The lowest BCUT2D eigenvalue weighted by Gasteiger charge is -2.47. The molecule has 188 valence electrons. The number of ether oxygens (including phenoxy) is 1. The molecule has 3 rings (SSSR count). The van der Waals surface area contributed by atoms with Gasteiger partial charge in [-0.3, -0.25) is 9.59 Å². The van der Waals surface area contributed by atoms with Gasteiger partial charge in [-0.2, -0.15) is 0 Å². The quantitative estimate of drug-likeness (QED) is 0.510. The molecule has 2 amide bonds. The number of carbonyl (C=O) groups excluding carboxylic acids is 2. The maximum Gasteiger partial charge on any atom is 0.327 e. The lowest BCUT2D eigenvalue weighted by atomic mass is 9.74. The summed E-state index contributed by atoms with van der Waals surface area (Å²) >= 11 is 1.44. The zero-order valence-electron chi connectivity index (χ0n) is 21.4. The van der Waals surface area contributed by atoms with Crippen LogP contribution in [-0.4, -0.2) is 61.7 Å². The van der Waals surface area contributed by atoms with Gasteiger partial charge in [0.25, 0.3) is 5.91 Å². The Morgan fingerprint density at radius 3 is 2.42 bits per heavy atom. The van der Waals surface area contributed by atoms with Gasteiger partial charge in [-0.25, -0.2) is 4.79 Å². The van der Waals surface area contributed by atoms with Gasteiger partial charge in [0.1, 0.15) is 23.1 Å². The first kappa shape index (κ1) is 26.3. The van der Waals surface area contributed by atoms with Gasteiger partial charge in [0.15, 0.2) is 0 Å². The van der Waals surface area contributed by atoms with Crippen molar-refractivity contribution in [3.05, 3.63) is 0 Å². The van der Waals surface area contributed by atoms with E-state index < -0.39 is 28.4 Å². The third-order valence-electron chi connectivity index (χ3n) is 8.13. The van der Waals surface area contributed by atoms with E-state index in [1.807, 2.05) is 34.6 Å². The summed E-state index contributed by atoms with van der Waals surface area (Å²) in [5.41, 5.74) is -1.03. The fraction of sp³-hybridized carbons (Fsp3) is 0.880. The first-order valence-corrected chi connectivity index (χ1v) is 13.4. The predicted molar refractivity (Wildman–Crippen MR) is 130 cm³/mol. The summed E-state index contributed by atoms with van der Waals surface area (Å²) in [6.07, 6.45) is 3.74. The largest absolute Gasteiger partial charge is 0.480 e. The molecule has 0 spiro atoms. The highest BCUT2D eigenvalue weighted by molar-refractivity contribution is 8.01. The number of fused-ring (bicyclic) bond motifs is 1. The van der Waals surface area contributed by atoms with Crippen molar-refractivity contribution in [3.63, 3.8) is 0 Å². The standard InChI is InChI=1S/C25H42N2O5S/c1-9-25(14(4)5,32-17-12-15(6)10-11-16(17)13(2)3)23(31)26-18-20(28)27-19(22(29)30)24(7,8)33-21(18)27/h13-19,21H,9-12H2,1-8H3,(H,26,31)(H,29,30)/t15-,16-,17-,18-,19-,21+,25-/m1/s1. The van der Waals surface area contributed by atoms with E-state index in [-0.39, 0.29) is 29.2 Å². The number of carbonyl (C=O) groups is 3. The van der Waals surface area contributed by atoms with E-state index in [1.54, 1.807) is 0 Å². The van der Waals surface area contributed by atoms with E-state index >= 15 is 0 Å². The van der Waals surface area contributed by atoms with Crippen LogP contribution in [0, 0.1) is 23.7 Å². The summed E-state index contributed by atoms with van der Waals surface area (Å²) in [6, 6.07) is -1.61. The Labute approximate surface area is 202 Å². The van der Waals surface area contributed by atoms with Crippen LogP contribution in [0.15, 0.2) is 0 Å². The van der Waals surface area contributed by atoms with Gasteiger partial charge in [-0.05, 0) is 56.8 Å².